The number of ether oxygens (including phenoxy) is 1. The topological polar surface area (TPSA) is 35.5 Å². The Morgan fingerprint density at radius 3 is 1.93 bits per heavy atom. The Labute approximate surface area is 170 Å². The van der Waals surface area contributed by atoms with Gasteiger partial charge in [-0.15, -0.1) is 0 Å². The summed E-state index contributed by atoms with van der Waals surface area (Å²) in [5.74, 6) is -0.155. The van der Waals surface area contributed by atoms with Crippen molar-refractivity contribution < 1.29 is 14.0 Å². The average molecular weight is 397 g/mol. The van der Waals surface area contributed by atoms with Crippen molar-refractivity contribution in [2.45, 2.75) is 57.6 Å². The van der Waals surface area contributed by atoms with E-state index in [1.165, 1.54) is 17.5 Å². The Morgan fingerprint density at radius 2 is 1.46 bits per heavy atom. The largest absolute Gasteiger partial charge is 0.469 e. The lowest BCUT2D eigenvalue weighted by Crippen LogP contribution is -2.68. The molecule has 0 bridgehead atoms. The molecule has 0 radical (unpaired) electrons. The van der Waals surface area contributed by atoms with E-state index in [1.807, 2.05) is 0 Å². The fourth-order valence-corrected chi connectivity index (χ4v) is 9.30. The van der Waals surface area contributed by atoms with E-state index >= 15 is 0 Å². The summed E-state index contributed by atoms with van der Waals surface area (Å²) in [6, 6.07) is 21.4. The molecule has 0 N–H and O–H groups in total. The molecule has 1 fully saturated rings. The van der Waals surface area contributed by atoms with Crippen LogP contribution in [0.5, 0.6) is 0 Å². The predicted octanol–water partition coefficient (Wildman–Crippen LogP) is 4.29. The van der Waals surface area contributed by atoms with E-state index in [0.29, 0.717) is 0 Å². The molecule has 0 spiro atoms. The Hall–Kier alpha value is -1.91. The molecule has 1 aliphatic rings. The second-order valence-electron chi connectivity index (χ2n) is 8.79. The molecule has 2 unspecified atom stereocenters. The quantitative estimate of drug-likeness (QED) is 0.558. The average Bonchev–Trinajstić information content (AvgIpc) is 2.72. The third kappa shape index (κ3) is 4.08. The summed E-state index contributed by atoms with van der Waals surface area (Å²) >= 11 is 0. The van der Waals surface area contributed by atoms with Gasteiger partial charge in [-0.1, -0.05) is 87.9 Å². The Kier molecular flexibility index (Phi) is 6.41. The zero-order valence-electron chi connectivity index (χ0n) is 17.5. The number of carbonyl (C=O) groups is 1. The van der Waals surface area contributed by atoms with Crippen molar-refractivity contribution in [3.05, 3.63) is 60.7 Å². The highest BCUT2D eigenvalue weighted by atomic mass is 28.4. The number of hydrogen-bond acceptors (Lipinski definition) is 3. The Morgan fingerprint density at radius 1 is 0.929 bits per heavy atom. The van der Waals surface area contributed by atoms with E-state index in [9.17, 15) is 4.79 Å². The standard InChI is InChI=1S/C24H32O3Si/c1-24(2,3)28(21-14-7-5-8-15-21,22-16-9-6-10-17-22)27-20-13-11-12-19(18-20)23(25)26-4/h5-10,14-17,19-20H,11-13,18H2,1-4H3. The molecule has 150 valence electrons. The summed E-state index contributed by atoms with van der Waals surface area (Å²) in [4.78, 5) is 12.1. The third-order valence-electron chi connectivity index (χ3n) is 5.92. The maximum Gasteiger partial charge on any atom is 0.308 e. The van der Waals surface area contributed by atoms with E-state index in [2.05, 4.69) is 81.4 Å². The predicted molar refractivity (Wildman–Crippen MR) is 116 cm³/mol. The van der Waals surface area contributed by atoms with Crippen molar-refractivity contribution in [3.8, 4) is 0 Å². The van der Waals surface area contributed by atoms with Gasteiger partial charge >= 0.3 is 5.97 Å². The van der Waals surface area contributed by atoms with Crippen molar-refractivity contribution in [2.24, 2.45) is 5.92 Å². The van der Waals surface area contributed by atoms with E-state index in [0.717, 1.165) is 25.7 Å². The lowest BCUT2D eigenvalue weighted by molar-refractivity contribution is -0.147. The molecule has 1 aliphatic carbocycles. The van der Waals surface area contributed by atoms with Crippen LogP contribution in [-0.4, -0.2) is 27.5 Å². The number of esters is 1. The van der Waals surface area contributed by atoms with Gasteiger partial charge in [-0.05, 0) is 34.7 Å². The highest BCUT2D eigenvalue weighted by molar-refractivity contribution is 6.99. The number of methoxy groups -OCH3 is 1. The second-order valence-corrected chi connectivity index (χ2v) is 13.0. The maximum atomic E-state index is 12.1. The summed E-state index contributed by atoms with van der Waals surface area (Å²) in [7, 11) is -1.08. The van der Waals surface area contributed by atoms with Crippen LogP contribution in [0.4, 0.5) is 0 Å². The number of benzene rings is 2. The second kappa shape index (κ2) is 8.62. The highest BCUT2D eigenvalue weighted by Gasteiger charge is 2.51. The smallest absolute Gasteiger partial charge is 0.308 e. The normalized spacial score (nSPS) is 20.6. The van der Waals surface area contributed by atoms with E-state index in [-0.39, 0.29) is 23.0 Å². The van der Waals surface area contributed by atoms with Gasteiger partial charge in [-0.2, -0.15) is 0 Å². The summed E-state index contributed by atoms with van der Waals surface area (Å²) in [5, 5.41) is 2.52. The van der Waals surface area contributed by atoms with Crippen molar-refractivity contribution >= 4 is 24.7 Å². The molecule has 3 nitrogen and oxygen atoms in total. The van der Waals surface area contributed by atoms with Crippen LogP contribution in [0, 0.1) is 5.92 Å². The zero-order chi connectivity index (χ0) is 20.2. The molecule has 2 aromatic carbocycles. The first-order chi connectivity index (χ1) is 13.4. The van der Waals surface area contributed by atoms with Crippen molar-refractivity contribution in [2.75, 3.05) is 7.11 Å². The summed E-state index contributed by atoms with van der Waals surface area (Å²) in [5.41, 5.74) is 0. The molecule has 0 amide bonds. The lowest BCUT2D eigenvalue weighted by Gasteiger charge is -2.46. The molecule has 0 heterocycles. The molecule has 28 heavy (non-hydrogen) atoms. The molecule has 4 heteroatoms. The number of hydrogen-bond donors (Lipinski definition) is 0. The lowest BCUT2D eigenvalue weighted by atomic mass is 9.87. The van der Waals surface area contributed by atoms with Gasteiger partial charge in [0.15, 0.2) is 0 Å². The third-order valence-corrected chi connectivity index (χ3v) is 11.0. The van der Waals surface area contributed by atoms with Crippen LogP contribution < -0.4 is 10.4 Å². The number of rotatable bonds is 5. The van der Waals surface area contributed by atoms with Crippen molar-refractivity contribution in [1.82, 2.24) is 0 Å². The highest BCUT2D eigenvalue weighted by Crippen LogP contribution is 2.40. The van der Waals surface area contributed by atoms with Crippen LogP contribution in [0.2, 0.25) is 5.04 Å². The fraction of sp³-hybridized carbons (Fsp3) is 0.458. The van der Waals surface area contributed by atoms with Crippen LogP contribution in [0.1, 0.15) is 46.5 Å². The molecule has 2 aromatic rings. The Bertz CT molecular complexity index is 728. The van der Waals surface area contributed by atoms with Gasteiger partial charge in [0.1, 0.15) is 0 Å². The van der Waals surface area contributed by atoms with E-state index in [4.69, 9.17) is 9.16 Å². The molecule has 0 aliphatic heterocycles. The van der Waals surface area contributed by atoms with Gasteiger partial charge in [-0.25, -0.2) is 0 Å². The molecule has 0 aromatic heterocycles. The molecular weight excluding hydrogens is 364 g/mol. The monoisotopic (exact) mass is 396 g/mol. The van der Waals surface area contributed by atoms with Gasteiger partial charge < -0.3 is 9.16 Å². The summed E-state index contributed by atoms with van der Waals surface area (Å²) in [6.45, 7) is 6.87. The van der Waals surface area contributed by atoms with Crippen LogP contribution in [-0.2, 0) is 14.0 Å². The van der Waals surface area contributed by atoms with Crippen LogP contribution >= 0.6 is 0 Å². The maximum absolute atomic E-state index is 12.1. The van der Waals surface area contributed by atoms with Crippen LogP contribution in [0.25, 0.3) is 0 Å². The molecule has 0 saturated heterocycles. The minimum atomic E-state index is -2.56. The van der Waals surface area contributed by atoms with E-state index < -0.39 is 8.32 Å². The van der Waals surface area contributed by atoms with Gasteiger partial charge in [0.05, 0.1) is 13.0 Å². The first-order valence-electron chi connectivity index (χ1n) is 10.2. The molecule has 3 rings (SSSR count). The van der Waals surface area contributed by atoms with Gasteiger partial charge in [0.25, 0.3) is 8.32 Å². The summed E-state index contributed by atoms with van der Waals surface area (Å²) in [6.07, 6.45) is 3.72. The SMILES string of the molecule is COC(=O)C1CCCC(O[Si](c2ccccc2)(c2ccccc2)C(C)(C)C)C1. The van der Waals surface area contributed by atoms with Crippen molar-refractivity contribution in [3.63, 3.8) is 0 Å². The minimum Gasteiger partial charge on any atom is -0.469 e. The molecular formula is C24H32O3Si. The zero-order valence-corrected chi connectivity index (χ0v) is 18.5. The first-order valence-corrected chi connectivity index (χ1v) is 12.2. The van der Waals surface area contributed by atoms with Gasteiger partial charge in [0, 0.05) is 6.10 Å². The van der Waals surface area contributed by atoms with Gasteiger partial charge in [0.2, 0.25) is 0 Å². The fourth-order valence-electron chi connectivity index (χ4n) is 4.57. The van der Waals surface area contributed by atoms with Crippen LogP contribution in [0.15, 0.2) is 60.7 Å². The van der Waals surface area contributed by atoms with Crippen LogP contribution in [0.3, 0.4) is 0 Å². The Balaban J connectivity index is 2.05. The minimum absolute atomic E-state index is 0.0477. The molecule has 1 saturated carbocycles. The number of carbonyl (C=O) groups excluding carboxylic acids is 1. The first kappa shape index (κ1) is 20.8. The van der Waals surface area contributed by atoms with Crippen molar-refractivity contribution in [1.29, 1.82) is 0 Å². The molecule has 2 atom stereocenters. The van der Waals surface area contributed by atoms with E-state index in [1.54, 1.807) is 0 Å². The van der Waals surface area contributed by atoms with Gasteiger partial charge in [-0.3, -0.25) is 4.79 Å². The summed E-state index contributed by atoms with van der Waals surface area (Å²) < 4.78 is 12.2.